The third-order valence-electron chi connectivity index (χ3n) is 2.70. The van der Waals surface area contributed by atoms with Gasteiger partial charge in [0.1, 0.15) is 5.75 Å². The van der Waals surface area contributed by atoms with E-state index in [1.165, 1.54) is 6.07 Å². The lowest BCUT2D eigenvalue weighted by Gasteiger charge is -2.10. The molecule has 0 unspecified atom stereocenters. The average Bonchev–Trinajstić information content (AvgIpc) is 2.35. The highest BCUT2D eigenvalue weighted by atomic mass is 127. The standard InChI is InChI=1S/C14H13IN2O2/c1-8-6-10(16)3-4-12(8)17-14(19)11-7-9(15)2-5-13(11)18/h2-7,18H,16H2,1H3,(H,17,19). The highest BCUT2D eigenvalue weighted by Gasteiger charge is 2.12. The number of rotatable bonds is 2. The first-order valence-electron chi connectivity index (χ1n) is 5.63. The Hall–Kier alpha value is -1.76. The predicted octanol–water partition coefficient (Wildman–Crippen LogP) is 3.14. The van der Waals surface area contributed by atoms with Crippen molar-refractivity contribution < 1.29 is 9.90 Å². The zero-order valence-electron chi connectivity index (χ0n) is 10.3. The molecule has 4 N–H and O–H groups in total. The maximum Gasteiger partial charge on any atom is 0.259 e. The van der Waals surface area contributed by atoms with E-state index in [2.05, 4.69) is 27.9 Å². The Morgan fingerprint density at radius 1 is 1.26 bits per heavy atom. The van der Waals surface area contributed by atoms with Crippen LogP contribution in [-0.4, -0.2) is 11.0 Å². The number of nitrogens with one attached hydrogen (secondary N) is 1. The Balaban J connectivity index is 2.28. The molecule has 1 amide bonds. The summed E-state index contributed by atoms with van der Waals surface area (Å²) in [4.78, 5) is 12.1. The second kappa shape index (κ2) is 5.48. The van der Waals surface area contributed by atoms with Gasteiger partial charge in [-0.2, -0.15) is 0 Å². The number of carbonyl (C=O) groups is 1. The highest BCUT2D eigenvalue weighted by molar-refractivity contribution is 14.1. The fourth-order valence-electron chi connectivity index (χ4n) is 1.71. The Morgan fingerprint density at radius 3 is 2.68 bits per heavy atom. The molecule has 0 aliphatic heterocycles. The van der Waals surface area contributed by atoms with E-state index in [1.807, 2.05) is 6.92 Å². The van der Waals surface area contributed by atoms with E-state index >= 15 is 0 Å². The van der Waals surface area contributed by atoms with Crippen molar-refractivity contribution in [3.63, 3.8) is 0 Å². The van der Waals surface area contributed by atoms with E-state index in [4.69, 9.17) is 5.73 Å². The first-order valence-corrected chi connectivity index (χ1v) is 6.71. The van der Waals surface area contributed by atoms with E-state index in [9.17, 15) is 9.90 Å². The monoisotopic (exact) mass is 368 g/mol. The summed E-state index contributed by atoms with van der Waals surface area (Å²) in [6, 6.07) is 10.1. The zero-order chi connectivity index (χ0) is 14.0. The Bertz CT molecular complexity index is 641. The number of aromatic hydroxyl groups is 1. The number of halogens is 1. The van der Waals surface area contributed by atoms with Gasteiger partial charge in [-0.05, 0) is 71.5 Å². The Morgan fingerprint density at radius 2 is 2.00 bits per heavy atom. The molecule has 2 aromatic rings. The molecule has 0 radical (unpaired) electrons. The number of nitrogens with two attached hydrogens (primary N) is 1. The smallest absolute Gasteiger partial charge is 0.259 e. The molecule has 0 saturated heterocycles. The van der Waals surface area contributed by atoms with Crippen LogP contribution in [0.25, 0.3) is 0 Å². The van der Waals surface area contributed by atoms with Crippen molar-refractivity contribution in [1.29, 1.82) is 0 Å². The fourth-order valence-corrected chi connectivity index (χ4v) is 2.20. The highest BCUT2D eigenvalue weighted by Crippen LogP contribution is 2.23. The SMILES string of the molecule is Cc1cc(N)ccc1NC(=O)c1cc(I)ccc1O. The summed E-state index contributed by atoms with van der Waals surface area (Å²) in [6.07, 6.45) is 0. The van der Waals surface area contributed by atoms with Crippen LogP contribution in [-0.2, 0) is 0 Å². The average molecular weight is 368 g/mol. The number of anilines is 2. The zero-order valence-corrected chi connectivity index (χ0v) is 12.4. The summed E-state index contributed by atoms with van der Waals surface area (Å²) >= 11 is 2.09. The molecule has 4 nitrogen and oxygen atoms in total. The van der Waals surface area contributed by atoms with Crippen molar-refractivity contribution in [2.24, 2.45) is 0 Å². The van der Waals surface area contributed by atoms with Crippen LogP contribution in [0.15, 0.2) is 36.4 Å². The number of aryl methyl sites for hydroxylation is 1. The van der Waals surface area contributed by atoms with E-state index in [-0.39, 0.29) is 17.2 Å². The van der Waals surface area contributed by atoms with Gasteiger partial charge in [0.25, 0.3) is 5.91 Å². The number of hydrogen-bond donors (Lipinski definition) is 3. The molecule has 2 rings (SSSR count). The molecule has 0 spiro atoms. The van der Waals surface area contributed by atoms with Crippen molar-refractivity contribution in [2.75, 3.05) is 11.1 Å². The third kappa shape index (κ3) is 3.17. The lowest BCUT2D eigenvalue weighted by atomic mass is 10.1. The topological polar surface area (TPSA) is 75.3 Å². The number of carbonyl (C=O) groups excluding carboxylic acids is 1. The quantitative estimate of drug-likeness (QED) is 0.563. The van der Waals surface area contributed by atoms with Crippen LogP contribution in [0.4, 0.5) is 11.4 Å². The second-order valence-electron chi connectivity index (χ2n) is 4.19. The lowest BCUT2D eigenvalue weighted by Crippen LogP contribution is -2.13. The minimum Gasteiger partial charge on any atom is -0.507 e. The molecular formula is C14H13IN2O2. The summed E-state index contributed by atoms with van der Waals surface area (Å²) in [6.45, 7) is 1.86. The van der Waals surface area contributed by atoms with Gasteiger partial charge in [-0.1, -0.05) is 0 Å². The van der Waals surface area contributed by atoms with E-state index < -0.39 is 0 Å². The molecule has 0 aliphatic rings. The predicted molar refractivity (Wildman–Crippen MR) is 84.4 cm³/mol. The molecule has 0 bridgehead atoms. The van der Waals surface area contributed by atoms with Gasteiger partial charge >= 0.3 is 0 Å². The van der Waals surface area contributed by atoms with Gasteiger partial charge in [0.15, 0.2) is 0 Å². The van der Waals surface area contributed by atoms with E-state index in [0.29, 0.717) is 11.4 Å². The minimum atomic E-state index is -0.344. The summed E-state index contributed by atoms with van der Waals surface area (Å²) in [5.74, 6) is -0.380. The van der Waals surface area contributed by atoms with Gasteiger partial charge < -0.3 is 16.2 Å². The van der Waals surface area contributed by atoms with E-state index in [0.717, 1.165) is 9.13 Å². The first-order chi connectivity index (χ1) is 8.97. The number of benzene rings is 2. The molecule has 5 heteroatoms. The summed E-state index contributed by atoms with van der Waals surface area (Å²) in [7, 11) is 0. The number of phenolic OH excluding ortho intramolecular Hbond substituents is 1. The molecule has 0 saturated carbocycles. The maximum absolute atomic E-state index is 12.1. The third-order valence-corrected chi connectivity index (χ3v) is 3.37. The van der Waals surface area contributed by atoms with Gasteiger partial charge in [0.2, 0.25) is 0 Å². The van der Waals surface area contributed by atoms with Crippen LogP contribution in [0.5, 0.6) is 5.75 Å². The van der Waals surface area contributed by atoms with Crippen LogP contribution < -0.4 is 11.1 Å². The Kier molecular flexibility index (Phi) is 3.94. The molecule has 0 fully saturated rings. The molecule has 0 aromatic heterocycles. The number of hydrogen-bond acceptors (Lipinski definition) is 3. The summed E-state index contributed by atoms with van der Waals surface area (Å²) in [5.41, 5.74) is 8.11. The fraction of sp³-hybridized carbons (Fsp3) is 0.0714. The Labute approximate surface area is 124 Å². The van der Waals surface area contributed by atoms with Gasteiger partial charge in [-0.25, -0.2) is 0 Å². The van der Waals surface area contributed by atoms with Crippen molar-refractivity contribution in [1.82, 2.24) is 0 Å². The van der Waals surface area contributed by atoms with Gasteiger partial charge in [-0.15, -0.1) is 0 Å². The van der Waals surface area contributed by atoms with Crippen LogP contribution in [0, 0.1) is 10.5 Å². The first kappa shape index (κ1) is 13.7. The van der Waals surface area contributed by atoms with Crippen molar-refractivity contribution in [3.8, 4) is 5.75 Å². The molecule has 19 heavy (non-hydrogen) atoms. The van der Waals surface area contributed by atoms with Gasteiger partial charge in [0.05, 0.1) is 5.56 Å². The van der Waals surface area contributed by atoms with Crippen molar-refractivity contribution >= 4 is 39.9 Å². The van der Waals surface area contributed by atoms with Gasteiger partial charge in [0, 0.05) is 14.9 Å². The number of nitrogen functional groups attached to an aromatic ring is 1. The lowest BCUT2D eigenvalue weighted by molar-refractivity contribution is 0.102. The number of phenols is 1. The molecular weight excluding hydrogens is 355 g/mol. The molecule has 0 heterocycles. The molecule has 2 aromatic carbocycles. The largest absolute Gasteiger partial charge is 0.507 e. The molecule has 98 valence electrons. The second-order valence-corrected chi connectivity index (χ2v) is 5.44. The molecule has 0 atom stereocenters. The summed E-state index contributed by atoms with van der Waals surface area (Å²) < 4.78 is 0.884. The molecule has 0 aliphatic carbocycles. The minimum absolute atomic E-state index is 0.0361. The maximum atomic E-state index is 12.1. The normalized spacial score (nSPS) is 10.2. The van der Waals surface area contributed by atoms with Crippen LogP contribution >= 0.6 is 22.6 Å². The van der Waals surface area contributed by atoms with Crippen LogP contribution in [0.3, 0.4) is 0 Å². The van der Waals surface area contributed by atoms with Crippen molar-refractivity contribution in [2.45, 2.75) is 6.92 Å². The summed E-state index contributed by atoms with van der Waals surface area (Å²) in [5, 5.41) is 12.5. The van der Waals surface area contributed by atoms with Gasteiger partial charge in [-0.3, -0.25) is 4.79 Å². The number of amides is 1. The van der Waals surface area contributed by atoms with Crippen LogP contribution in [0.2, 0.25) is 0 Å². The van der Waals surface area contributed by atoms with Crippen molar-refractivity contribution in [3.05, 3.63) is 51.1 Å². The van der Waals surface area contributed by atoms with Crippen LogP contribution in [0.1, 0.15) is 15.9 Å². The van der Waals surface area contributed by atoms with E-state index in [1.54, 1.807) is 30.3 Å².